The number of hydrogen-bond donors (Lipinski definition) is 1. The second-order valence-electron chi connectivity index (χ2n) is 5.63. The van der Waals surface area contributed by atoms with E-state index >= 15 is 0 Å². The Balaban J connectivity index is 2.39. The number of nitrogens with one attached hydrogen (secondary N) is 1. The molecule has 0 saturated heterocycles. The average Bonchev–Trinajstić information content (AvgIpc) is 2.48. The van der Waals surface area contributed by atoms with E-state index in [0.717, 1.165) is 45.4 Å². The fourth-order valence-electron chi connectivity index (χ4n) is 3.11. The van der Waals surface area contributed by atoms with Gasteiger partial charge in [-0.3, -0.25) is 4.90 Å². The van der Waals surface area contributed by atoms with E-state index in [9.17, 15) is 0 Å². The molecular formula is C16H34N2O2. The van der Waals surface area contributed by atoms with E-state index in [1.165, 1.54) is 32.2 Å². The summed E-state index contributed by atoms with van der Waals surface area (Å²) < 4.78 is 11.0. The lowest BCUT2D eigenvalue weighted by atomic mass is 9.84. The molecule has 4 nitrogen and oxygen atoms in total. The monoisotopic (exact) mass is 286 g/mol. The van der Waals surface area contributed by atoms with Crippen LogP contribution < -0.4 is 5.32 Å². The largest absolute Gasteiger partial charge is 0.380 e. The van der Waals surface area contributed by atoms with Crippen molar-refractivity contribution in [3.8, 4) is 0 Å². The van der Waals surface area contributed by atoms with Gasteiger partial charge in [-0.2, -0.15) is 0 Å². The molecule has 2 unspecified atom stereocenters. The van der Waals surface area contributed by atoms with Crippen LogP contribution in [0.5, 0.6) is 0 Å². The van der Waals surface area contributed by atoms with Crippen molar-refractivity contribution in [2.75, 3.05) is 53.1 Å². The number of rotatable bonds is 11. The molecule has 0 amide bonds. The minimum Gasteiger partial charge on any atom is -0.380 e. The van der Waals surface area contributed by atoms with E-state index in [4.69, 9.17) is 9.47 Å². The first-order valence-electron chi connectivity index (χ1n) is 8.36. The van der Waals surface area contributed by atoms with E-state index in [2.05, 4.69) is 31.1 Å². The number of hydrogen-bond acceptors (Lipinski definition) is 4. The van der Waals surface area contributed by atoms with E-state index in [1.807, 2.05) is 0 Å². The smallest absolute Gasteiger partial charge is 0.0593 e. The van der Waals surface area contributed by atoms with Gasteiger partial charge in [0.15, 0.2) is 0 Å². The van der Waals surface area contributed by atoms with Gasteiger partial charge in [-0.05, 0) is 39.7 Å². The first-order chi connectivity index (χ1) is 9.81. The Bertz CT molecular complexity index is 217. The van der Waals surface area contributed by atoms with Crippen LogP contribution in [0.15, 0.2) is 0 Å². The van der Waals surface area contributed by atoms with Gasteiger partial charge in [0.2, 0.25) is 0 Å². The first kappa shape index (κ1) is 17.9. The van der Waals surface area contributed by atoms with E-state index in [0.29, 0.717) is 6.04 Å². The van der Waals surface area contributed by atoms with Crippen LogP contribution >= 0.6 is 0 Å². The molecule has 0 aliphatic heterocycles. The molecule has 0 spiro atoms. The van der Waals surface area contributed by atoms with Crippen LogP contribution in [0, 0.1) is 5.92 Å². The zero-order valence-corrected chi connectivity index (χ0v) is 13.7. The molecule has 0 radical (unpaired) electrons. The summed E-state index contributed by atoms with van der Waals surface area (Å²) in [6.07, 6.45) is 5.44. The maximum Gasteiger partial charge on any atom is 0.0593 e. The predicted molar refractivity (Wildman–Crippen MR) is 84.2 cm³/mol. The SMILES string of the molecule is CCOCCN(CCOCC)CC1CCCCC1NC. The van der Waals surface area contributed by atoms with Gasteiger partial charge in [-0.1, -0.05) is 12.8 Å². The van der Waals surface area contributed by atoms with Crippen molar-refractivity contribution in [2.24, 2.45) is 5.92 Å². The Labute approximate surface area is 125 Å². The first-order valence-corrected chi connectivity index (χ1v) is 8.36. The van der Waals surface area contributed by atoms with Crippen molar-refractivity contribution < 1.29 is 9.47 Å². The zero-order valence-electron chi connectivity index (χ0n) is 13.7. The van der Waals surface area contributed by atoms with Gasteiger partial charge < -0.3 is 14.8 Å². The fraction of sp³-hybridized carbons (Fsp3) is 1.00. The summed E-state index contributed by atoms with van der Waals surface area (Å²) in [5, 5.41) is 3.50. The van der Waals surface area contributed by atoms with Gasteiger partial charge in [0.25, 0.3) is 0 Å². The maximum atomic E-state index is 5.51. The summed E-state index contributed by atoms with van der Waals surface area (Å²) in [5.74, 6) is 0.775. The maximum absolute atomic E-state index is 5.51. The molecule has 0 aromatic carbocycles. The highest BCUT2D eigenvalue weighted by molar-refractivity contribution is 4.82. The van der Waals surface area contributed by atoms with E-state index in [-0.39, 0.29) is 0 Å². The third-order valence-corrected chi connectivity index (χ3v) is 4.28. The van der Waals surface area contributed by atoms with Crippen LogP contribution in [0.1, 0.15) is 39.5 Å². The van der Waals surface area contributed by atoms with Crippen molar-refractivity contribution >= 4 is 0 Å². The van der Waals surface area contributed by atoms with Crippen LogP contribution in [0.4, 0.5) is 0 Å². The Hall–Kier alpha value is -0.160. The lowest BCUT2D eigenvalue weighted by Gasteiger charge is -2.35. The van der Waals surface area contributed by atoms with Gasteiger partial charge in [0.05, 0.1) is 13.2 Å². The highest BCUT2D eigenvalue weighted by Crippen LogP contribution is 2.25. The highest BCUT2D eigenvalue weighted by atomic mass is 16.5. The zero-order chi connectivity index (χ0) is 14.6. The molecule has 1 aliphatic carbocycles. The van der Waals surface area contributed by atoms with Gasteiger partial charge in [0, 0.05) is 38.9 Å². The summed E-state index contributed by atoms with van der Waals surface area (Å²) in [5.41, 5.74) is 0. The molecule has 0 bridgehead atoms. The molecule has 1 fully saturated rings. The summed E-state index contributed by atoms with van der Waals surface area (Å²) in [6, 6.07) is 0.686. The van der Waals surface area contributed by atoms with Gasteiger partial charge in [0.1, 0.15) is 0 Å². The van der Waals surface area contributed by atoms with Crippen LogP contribution in [-0.4, -0.2) is 64.1 Å². The predicted octanol–water partition coefficient (Wildman–Crippen LogP) is 2.14. The molecule has 120 valence electrons. The van der Waals surface area contributed by atoms with Crippen molar-refractivity contribution in [1.29, 1.82) is 0 Å². The third kappa shape index (κ3) is 7.02. The molecule has 1 saturated carbocycles. The quantitative estimate of drug-likeness (QED) is 0.590. The normalized spacial score (nSPS) is 23.4. The molecule has 4 heteroatoms. The minimum atomic E-state index is 0.686. The molecule has 1 aliphatic rings. The number of ether oxygens (including phenoxy) is 2. The molecule has 0 heterocycles. The van der Waals surface area contributed by atoms with Crippen LogP contribution in [-0.2, 0) is 9.47 Å². The second-order valence-corrected chi connectivity index (χ2v) is 5.63. The second kappa shape index (κ2) is 11.5. The summed E-state index contributed by atoms with van der Waals surface area (Å²) in [4.78, 5) is 2.52. The van der Waals surface area contributed by atoms with Gasteiger partial charge in [-0.25, -0.2) is 0 Å². The molecular weight excluding hydrogens is 252 g/mol. The van der Waals surface area contributed by atoms with Gasteiger partial charge >= 0.3 is 0 Å². The Kier molecular flexibility index (Phi) is 10.3. The third-order valence-electron chi connectivity index (χ3n) is 4.28. The fourth-order valence-corrected chi connectivity index (χ4v) is 3.11. The topological polar surface area (TPSA) is 33.7 Å². The summed E-state index contributed by atoms with van der Waals surface area (Å²) in [6.45, 7) is 10.6. The Morgan fingerprint density at radius 3 is 2.15 bits per heavy atom. The molecule has 1 N–H and O–H groups in total. The summed E-state index contributed by atoms with van der Waals surface area (Å²) in [7, 11) is 2.10. The van der Waals surface area contributed by atoms with Crippen LogP contribution in [0.2, 0.25) is 0 Å². The molecule has 2 atom stereocenters. The van der Waals surface area contributed by atoms with Crippen molar-refractivity contribution in [3.05, 3.63) is 0 Å². The van der Waals surface area contributed by atoms with E-state index < -0.39 is 0 Å². The lowest BCUT2D eigenvalue weighted by Crippen LogP contribution is -2.44. The highest BCUT2D eigenvalue weighted by Gasteiger charge is 2.25. The van der Waals surface area contributed by atoms with E-state index in [1.54, 1.807) is 0 Å². The Morgan fingerprint density at radius 2 is 1.60 bits per heavy atom. The standard InChI is InChI=1S/C16H34N2O2/c1-4-19-12-10-18(11-13-20-5-2)14-15-8-6-7-9-16(15)17-3/h15-17H,4-14H2,1-3H3. The summed E-state index contributed by atoms with van der Waals surface area (Å²) >= 11 is 0. The molecule has 0 aromatic heterocycles. The van der Waals surface area contributed by atoms with Crippen molar-refractivity contribution in [1.82, 2.24) is 10.2 Å². The van der Waals surface area contributed by atoms with Crippen molar-refractivity contribution in [3.63, 3.8) is 0 Å². The van der Waals surface area contributed by atoms with Gasteiger partial charge in [-0.15, -0.1) is 0 Å². The van der Waals surface area contributed by atoms with Crippen LogP contribution in [0.25, 0.3) is 0 Å². The average molecular weight is 286 g/mol. The Morgan fingerprint density at radius 1 is 1.00 bits per heavy atom. The molecule has 0 aromatic rings. The minimum absolute atomic E-state index is 0.686. The van der Waals surface area contributed by atoms with Crippen molar-refractivity contribution in [2.45, 2.75) is 45.6 Å². The molecule has 20 heavy (non-hydrogen) atoms. The molecule has 1 rings (SSSR count). The number of nitrogens with zero attached hydrogens (tertiary/aromatic N) is 1. The lowest BCUT2D eigenvalue weighted by molar-refractivity contribution is 0.0680. The van der Waals surface area contributed by atoms with Crippen LogP contribution in [0.3, 0.4) is 0 Å².